The van der Waals surface area contributed by atoms with E-state index < -0.39 is 19.7 Å². The summed E-state index contributed by atoms with van der Waals surface area (Å²) in [6, 6.07) is 5.82. The summed E-state index contributed by atoms with van der Waals surface area (Å²) in [4.78, 5) is 11.8. The van der Waals surface area contributed by atoms with E-state index in [1.807, 2.05) is 13.8 Å². The van der Waals surface area contributed by atoms with Crippen LogP contribution < -0.4 is 5.32 Å². The SMILES string of the molecule is CCCCN(CCCC)S(=O)(=O)c1ccc(NC(=O)C(Cl)(Cl)Cl)cc1. The monoisotopic (exact) mass is 428 g/mol. The number of rotatable bonds is 9. The third-order valence-electron chi connectivity index (χ3n) is 3.53. The number of alkyl halides is 3. The van der Waals surface area contributed by atoms with Gasteiger partial charge in [-0.3, -0.25) is 4.79 Å². The molecule has 0 heterocycles. The van der Waals surface area contributed by atoms with Crippen LogP contribution in [0.4, 0.5) is 5.69 Å². The number of halogens is 3. The van der Waals surface area contributed by atoms with Crippen LogP contribution in [0.1, 0.15) is 39.5 Å². The Bertz CT molecular complexity index is 650. The second kappa shape index (κ2) is 9.97. The number of benzene rings is 1. The lowest BCUT2D eigenvalue weighted by atomic mass is 10.3. The van der Waals surface area contributed by atoms with Crippen molar-refractivity contribution in [2.45, 2.75) is 48.2 Å². The summed E-state index contributed by atoms with van der Waals surface area (Å²) in [6.07, 6.45) is 3.45. The molecule has 25 heavy (non-hydrogen) atoms. The average molecular weight is 430 g/mol. The fraction of sp³-hybridized carbons (Fsp3) is 0.562. The van der Waals surface area contributed by atoms with Gasteiger partial charge in [0, 0.05) is 18.8 Å². The Morgan fingerprint density at radius 2 is 1.52 bits per heavy atom. The molecule has 0 fully saturated rings. The van der Waals surface area contributed by atoms with Crippen molar-refractivity contribution in [2.75, 3.05) is 18.4 Å². The number of carbonyl (C=O) groups excluding carboxylic acids is 1. The second-order valence-corrected chi connectivity index (χ2v) is 9.81. The first-order valence-electron chi connectivity index (χ1n) is 8.11. The molecule has 1 aromatic carbocycles. The second-order valence-electron chi connectivity index (χ2n) is 5.59. The zero-order valence-corrected chi connectivity index (χ0v) is 17.4. The molecular weight excluding hydrogens is 407 g/mol. The lowest BCUT2D eigenvalue weighted by Crippen LogP contribution is -2.33. The molecule has 0 spiro atoms. The van der Waals surface area contributed by atoms with Crippen molar-refractivity contribution in [3.63, 3.8) is 0 Å². The normalized spacial score (nSPS) is 12.4. The minimum Gasteiger partial charge on any atom is -0.322 e. The van der Waals surface area contributed by atoms with Gasteiger partial charge in [0.25, 0.3) is 9.70 Å². The van der Waals surface area contributed by atoms with Gasteiger partial charge in [0.05, 0.1) is 4.90 Å². The summed E-state index contributed by atoms with van der Waals surface area (Å²) in [6.45, 7) is 5.02. The Hall–Kier alpha value is -0.530. The predicted octanol–water partition coefficient (Wildman–Crippen LogP) is 4.59. The highest BCUT2D eigenvalue weighted by Gasteiger charge is 2.30. The highest BCUT2D eigenvalue weighted by Crippen LogP contribution is 2.28. The van der Waals surface area contributed by atoms with Crippen LogP contribution in [-0.4, -0.2) is 35.5 Å². The minimum absolute atomic E-state index is 0.173. The molecule has 0 bridgehead atoms. The van der Waals surface area contributed by atoms with E-state index in [0.717, 1.165) is 25.7 Å². The number of anilines is 1. The Kier molecular flexibility index (Phi) is 8.98. The van der Waals surface area contributed by atoms with E-state index in [1.165, 1.54) is 28.6 Å². The van der Waals surface area contributed by atoms with E-state index in [-0.39, 0.29) is 4.90 Å². The fourth-order valence-corrected chi connectivity index (χ4v) is 3.74. The van der Waals surface area contributed by atoms with E-state index in [9.17, 15) is 13.2 Å². The fourth-order valence-electron chi connectivity index (χ4n) is 2.08. The first-order chi connectivity index (χ1) is 11.6. The molecule has 5 nitrogen and oxygen atoms in total. The minimum atomic E-state index is -3.58. The van der Waals surface area contributed by atoms with Gasteiger partial charge in [-0.2, -0.15) is 4.31 Å². The van der Waals surface area contributed by atoms with Crippen LogP contribution in [0.3, 0.4) is 0 Å². The first kappa shape index (κ1) is 22.5. The average Bonchev–Trinajstić information content (AvgIpc) is 2.54. The van der Waals surface area contributed by atoms with E-state index in [2.05, 4.69) is 5.32 Å². The molecule has 1 N–H and O–H groups in total. The number of sulfonamides is 1. The van der Waals surface area contributed by atoms with Crippen molar-refractivity contribution in [1.82, 2.24) is 4.31 Å². The van der Waals surface area contributed by atoms with Gasteiger partial charge in [0.1, 0.15) is 0 Å². The van der Waals surface area contributed by atoms with Crippen LogP contribution in [0.2, 0.25) is 0 Å². The molecule has 1 amide bonds. The lowest BCUT2D eigenvalue weighted by molar-refractivity contribution is -0.115. The lowest BCUT2D eigenvalue weighted by Gasteiger charge is -2.22. The maximum Gasteiger partial charge on any atom is 0.276 e. The molecule has 0 aromatic heterocycles. The maximum absolute atomic E-state index is 12.8. The van der Waals surface area contributed by atoms with Crippen molar-refractivity contribution in [1.29, 1.82) is 0 Å². The Labute approximate surface area is 164 Å². The van der Waals surface area contributed by atoms with Crippen molar-refractivity contribution >= 4 is 56.4 Å². The zero-order chi connectivity index (χ0) is 19.1. The molecule has 0 aliphatic rings. The van der Waals surface area contributed by atoms with Gasteiger partial charge in [-0.25, -0.2) is 8.42 Å². The molecule has 0 aliphatic carbocycles. The summed E-state index contributed by atoms with van der Waals surface area (Å²) >= 11 is 16.5. The molecule has 0 unspecified atom stereocenters. The quantitative estimate of drug-likeness (QED) is 0.584. The summed E-state index contributed by atoms with van der Waals surface area (Å²) in [5.41, 5.74) is 0.351. The predicted molar refractivity (Wildman–Crippen MR) is 104 cm³/mol. The van der Waals surface area contributed by atoms with Crippen LogP contribution in [0.15, 0.2) is 29.2 Å². The van der Waals surface area contributed by atoms with Gasteiger partial charge in [0.15, 0.2) is 0 Å². The van der Waals surface area contributed by atoms with Crippen LogP contribution in [0.5, 0.6) is 0 Å². The van der Waals surface area contributed by atoms with Gasteiger partial charge in [-0.15, -0.1) is 0 Å². The van der Waals surface area contributed by atoms with Crippen LogP contribution in [0, 0.1) is 0 Å². The van der Waals surface area contributed by atoms with Gasteiger partial charge in [0.2, 0.25) is 10.0 Å². The molecular formula is C16H23Cl3N2O3S. The van der Waals surface area contributed by atoms with E-state index in [1.54, 1.807) is 0 Å². The van der Waals surface area contributed by atoms with Gasteiger partial charge in [-0.05, 0) is 37.1 Å². The topological polar surface area (TPSA) is 66.5 Å². The molecule has 1 aromatic rings. The number of carbonyl (C=O) groups is 1. The number of nitrogens with one attached hydrogen (secondary N) is 1. The van der Waals surface area contributed by atoms with Gasteiger partial charge in [-0.1, -0.05) is 61.5 Å². The summed E-state index contributed by atoms with van der Waals surface area (Å²) in [7, 11) is -3.58. The van der Waals surface area contributed by atoms with E-state index in [4.69, 9.17) is 34.8 Å². The molecule has 0 aliphatic heterocycles. The molecule has 1 rings (SSSR count). The molecule has 0 atom stereocenters. The highest BCUT2D eigenvalue weighted by atomic mass is 35.6. The van der Waals surface area contributed by atoms with Crippen molar-refractivity contribution in [3.05, 3.63) is 24.3 Å². The number of hydrogen-bond acceptors (Lipinski definition) is 3. The third kappa shape index (κ3) is 6.94. The van der Waals surface area contributed by atoms with Crippen LogP contribution in [0.25, 0.3) is 0 Å². The van der Waals surface area contributed by atoms with Crippen molar-refractivity contribution < 1.29 is 13.2 Å². The molecule has 9 heteroatoms. The first-order valence-corrected chi connectivity index (χ1v) is 10.7. The molecule has 0 radical (unpaired) electrons. The number of hydrogen-bond donors (Lipinski definition) is 1. The Balaban J connectivity index is 2.95. The van der Waals surface area contributed by atoms with Crippen LogP contribution >= 0.6 is 34.8 Å². The summed E-state index contributed by atoms with van der Waals surface area (Å²) < 4.78 is 25.1. The van der Waals surface area contributed by atoms with E-state index >= 15 is 0 Å². The highest BCUT2D eigenvalue weighted by molar-refractivity contribution is 7.89. The number of nitrogens with zero attached hydrogens (tertiary/aromatic N) is 1. The molecule has 0 saturated heterocycles. The van der Waals surface area contributed by atoms with Crippen LogP contribution in [-0.2, 0) is 14.8 Å². The number of unbranched alkanes of at least 4 members (excludes halogenated alkanes) is 2. The Morgan fingerprint density at radius 3 is 1.92 bits per heavy atom. The maximum atomic E-state index is 12.8. The van der Waals surface area contributed by atoms with Gasteiger partial charge < -0.3 is 5.32 Å². The third-order valence-corrected chi connectivity index (χ3v) is 5.96. The molecule has 142 valence electrons. The Morgan fingerprint density at radius 1 is 1.04 bits per heavy atom. The van der Waals surface area contributed by atoms with E-state index in [0.29, 0.717) is 18.8 Å². The van der Waals surface area contributed by atoms with Gasteiger partial charge >= 0.3 is 0 Å². The summed E-state index contributed by atoms with van der Waals surface area (Å²) in [5, 5.41) is 2.42. The smallest absolute Gasteiger partial charge is 0.276 e. The van der Waals surface area contributed by atoms with Crippen molar-refractivity contribution in [3.8, 4) is 0 Å². The molecule has 0 saturated carbocycles. The largest absolute Gasteiger partial charge is 0.322 e. The van der Waals surface area contributed by atoms with Crippen molar-refractivity contribution in [2.24, 2.45) is 0 Å². The standard InChI is InChI=1S/C16H23Cl3N2O3S/c1-3-5-11-21(12-6-4-2)25(23,24)14-9-7-13(8-10-14)20-15(22)16(17,18)19/h7-10H,3-6,11-12H2,1-2H3,(H,20,22). The summed E-state index contributed by atoms with van der Waals surface area (Å²) in [5.74, 6) is -0.805. The number of amides is 1. The zero-order valence-electron chi connectivity index (χ0n) is 14.3.